The third-order valence-electron chi connectivity index (χ3n) is 3.03. The molecule has 0 amide bonds. The van der Waals surface area contributed by atoms with E-state index in [-0.39, 0.29) is 24.6 Å². The molecular formula is C18H26O5S. The van der Waals surface area contributed by atoms with Crippen LogP contribution in [0.2, 0.25) is 0 Å². The van der Waals surface area contributed by atoms with Crippen LogP contribution in [0.4, 0.5) is 0 Å². The van der Waals surface area contributed by atoms with E-state index in [9.17, 15) is 9.59 Å². The fourth-order valence-corrected chi connectivity index (χ4v) is 2.73. The number of para-hydroxylation sites is 1. The summed E-state index contributed by atoms with van der Waals surface area (Å²) in [6.45, 7) is 4.21. The quantitative estimate of drug-likeness (QED) is 0.423. The van der Waals surface area contributed by atoms with Crippen LogP contribution in [0.5, 0.6) is 5.75 Å². The summed E-state index contributed by atoms with van der Waals surface area (Å²) in [6.07, 6.45) is 1.92. The van der Waals surface area contributed by atoms with Crippen LogP contribution < -0.4 is 4.74 Å². The van der Waals surface area contributed by atoms with Gasteiger partial charge in [-0.25, -0.2) is 0 Å². The van der Waals surface area contributed by atoms with E-state index in [2.05, 4.69) is 6.92 Å². The summed E-state index contributed by atoms with van der Waals surface area (Å²) in [6, 6.07) is 9.38. The van der Waals surface area contributed by atoms with Gasteiger partial charge in [0.05, 0.1) is 13.0 Å². The summed E-state index contributed by atoms with van der Waals surface area (Å²) in [7, 11) is 0. The second-order valence-corrected chi connectivity index (χ2v) is 6.40. The van der Waals surface area contributed by atoms with Gasteiger partial charge in [-0.3, -0.25) is 9.59 Å². The van der Waals surface area contributed by atoms with E-state index in [4.69, 9.17) is 14.2 Å². The fourth-order valence-electron chi connectivity index (χ4n) is 1.83. The molecule has 6 heteroatoms. The van der Waals surface area contributed by atoms with Crippen LogP contribution in [0.1, 0.15) is 33.1 Å². The Labute approximate surface area is 148 Å². The van der Waals surface area contributed by atoms with E-state index in [1.165, 1.54) is 6.92 Å². The molecule has 0 heterocycles. The number of ether oxygens (including phenoxy) is 3. The van der Waals surface area contributed by atoms with Gasteiger partial charge >= 0.3 is 11.9 Å². The number of carbonyl (C=O) groups is 2. The van der Waals surface area contributed by atoms with Crippen LogP contribution in [0.25, 0.3) is 0 Å². The monoisotopic (exact) mass is 354 g/mol. The Morgan fingerprint density at radius 1 is 1.21 bits per heavy atom. The maximum absolute atomic E-state index is 11.5. The van der Waals surface area contributed by atoms with Crippen molar-refractivity contribution in [3.8, 4) is 5.75 Å². The van der Waals surface area contributed by atoms with E-state index in [0.29, 0.717) is 24.5 Å². The molecule has 134 valence electrons. The molecule has 0 spiro atoms. The van der Waals surface area contributed by atoms with E-state index in [1.807, 2.05) is 30.3 Å². The Morgan fingerprint density at radius 2 is 1.96 bits per heavy atom. The van der Waals surface area contributed by atoms with Crippen LogP contribution in [0, 0.1) is 0 Å². The minimum atomic E-state index is -0.344. The molecule has 24 heavy (non-hydrogen) atoms. The number of rotatable bonds is 12. The highest BCUT2D eigenvalue weighted by Gasteiger charge is 2.14. The molecule has 0 saturated heterocycles. The zero-order valence-electron chi connectivity index (χ0n) is 14.4. The van der Waals surface area contributed by atoms with Gasteiger partial charge in [0.2, 0.25) is 0 Å². The topological polar surface area (TPSA) is 61.8 Å². The molecular weight excluding hydrogens is 328 g/mol. The second-order valence-electron chi connectivity index (χ2n) is 5.25. The third kappa shape index (κ3) is 10.2. The fraction of sp³-hybridized carbons (Fsp3) is 0.556. The average molecular weight is 354 g/mol. The van der Waals surface area contributed by atoms with Crippen LogP contribution in [-0.2, 0) is 19.1 Å². The van der Waals surface area contributed by atoms with Crippen molar-refractivity contribution >= 4 is 23.7 Å². The van der Waals surface area contributed by atoms with Gasteiger partial charge in [0.25, 0.3) is 0 Å². The molecule has 5 nitrogen and oxygen atoms in total. The molecule has 0 fully saturated rings. The minimum absolute atomic E-state index is 0.180. The highest BCUT2D eigenvalue weighted by molar-refractivity contribution is 7.99. The predicted octanol–water partition coefficient (Wildman–Crippen LogP) is 3.46. The number of thioether (sulfide) groups is 1. The third-order valence-corrected chi connectivity index (χ3v) is 4.13. The van der Waals surface area contributed by atoms with Gasteiger partial charge in [-0.1, -0.05) is 31.5 Å². The predicted molar refractivity (Wildman–Crippen MR) is 95.3 cm³/mol. The summed E-state index contributed by atoms with van der Waals surface area (Å²) in [4.78, 5) is 22.7. The maximum atomic E-state index is 11.5. The zero-order valence-corrected chi connectivity index (χ0v) is 15.2. The smallest absolute Gasteiger partial charge is 0.306 e. The lowest BCUT2D eigenvalue weighted by molar-refractivity contribution is -0.146. The molecule has 0 radical (unpaired) electrons. The number of hydrogen-bond acceptors (Lipinski definition) is 6. The van der Waals surface area contributed by atoms with E-state index >= 15 is 0 Å². The summed E-state index contributed by atoms with van der Waals surface area (Å²) in [5.41, 5.74) is 0. The molecule has 1 atom stereocenters. The molecule has 1 aromatic carbocycles. The number of unbranched alkanes of at least 4 members (excludes halogenated alkanes) is 1. The first-order chi connectivity index (χ1) is 11.6. The second kappa shape index (κ2) is 12.7. The normalized spacial score (nSPS) is 11.6. The molecule has 0 N–H and O–H groups in total. The number of carbonyl (C=O) groups excluding carboxylic acids is 2. The molecule has 0 aliphatic carbocycles. The van der Waals surface area contributed by atoms with E-state index < -0.39 is 0 Å². The van der Waals surface area contributed by atoms with Crippen molar-refractivity contribution < 1.29 is 23.8 Å². The van der Waals surface area contributed by atoms with Crippen molar-refractivity contribution in [3.05, 3.63) is 30.3 Å². The Balaban J connectivity index is 2.25. The zero-order chi connectivity index (χ0) is 17.6. The summed E-state index contributed by atoms with van der Waals surface area (Å²) in [5, 5.41) is 0. The van der Waals surface area contributed by atoms with Gasteiger partial charge in [0.1, 0.15) is 18.5 Å². The molecule has 0 aliphatic heterocycles. The molecule has 1 aromatic rings. The number of hydrogen-bond donors (Lipinski definition) is 0. The molecule has 1 unspecified atom stereocenters. The van der Waals surface area contributed by atoms with Crippen LogP contribution in [0.15, 0.2) is 30.3 Å². The Morgan fingerprint density at radius 3 is 2.62 bits per heavy atom. The lowest BCUT2D eigenvalue weighted by atomic mass is 10.3. The molecule has 0 saturated carbocycles. The van der Waals surface area contributed by atoms with Crippen LogP contribution in [0.3, 0.4) is 0 Å². The van der Waals surface area contributed by atoms with Crippen molar-refractivity contribution in [1.82, 2.24) is 0 Å². The summed E-state index contributed by atoms with van der Waals surface area (Å²) < 4.78 is 16.0. The molecule has 0 aromatic heterocycles. The van der Waals surface area contributed by atoms with Crippen molar-refractivity contribution in [1.29, 1.82) is 0 Å². The largest absolute Gasteiger partial charge is 0.490 e. The van der Waals surface area contributed by atoms with E-state index in [1.54, 1.807) is 11.8 Å². The minimum Gasteiger partial charge on any atom is -0.490 e. The van der Waals surface area contributed by atoms with Gasteiger partial charge in [-0.2, -0.15) is 11.8 Å². The van der Waals surface area contributed by atoms with Crippen molar-refractivity contribution in [2.75, 3.05) is 24.7 Å². The molecule has 1 rings (SSSR count). The lowest BCUT2D eigenvalue weighted by Gasteiger charge is -2.17. The summed E-state index contributed by atoms with van der Waals surface area (Å²) >= 11 is 1.55. The molecule has 0 aliphatic rings. The van der Waals surface area contributed by atoms with Crippen LogP contribution in [-0.4, -0.2) is 42.8 Å². The standard InChI is InChI=1S/C18H26O5S/c1-3-4-11-21-18(20)10-12-24-14-17(23-15(2)19)13-22-16-8-6-5-7-9-16/h5-9,17H,3-4,10-14H2,1-2H3. The van der Waals surface area contributed by atoms with Gasteiger partial charge in [-0.15, -0.1) is 0 Å². The first-order valence-electron chi connectivity index (χ1n) is 8.20. The SMILES string of the molecule is CCCCOC(=O)CCSCC(COc1ccccc1)OC(C)=O. The highest BCUT2D eigenvalue weighted by atomic mass is 32.2. The van der Waals surface area contributed by atoms with Gasteiger partial charge in [-0.05, 0) is 18.6 Å². The van der Waals surface area contributed by atoms with Gasteiger partial charge in [0, 0.05) is 18.4 Å². The first-order valence-corrected chi connectivity index (χ1v) is 9.35. The summed E-state index contributed by atoms with van der Waals surface area (Å²) in [5.74, 6) is 1.43. The Hall–Kier alpha value is -1.69. The Bertz CT molecular complexity index is 478. The average Bonchev–Trinajstić information content (AvgIpc) is 2.57. The maximum Gasteiger partial charge on any atom is 0.306 e. The Kier molecular flexibility index (Phi) is 10.8. The van der Waals surface area contributed by atoms with Crippen LogP contribution >= 0.6 is 11.8 Å². The highest BCUT2D eigenvalue weighted by Crippen LogP contribution is 2.13. The van der Waals surface area contributed by atoms with Crippen molar-refractivity contribution in [3.63, 3.8) is 0 Å². The molecule has 0 bridgehead atoms. The van der Waals surface area contributed by atoms with Crippen molar-refractivity contribution in [2.24, 2.45) is 0 Å². The lowest BCUT2D eigenvalue weighted by Crippen LogP contribution is -2.26. The first kappa shape index (κ1) is 20.4. The van der Waals surface area contributed by atoms with E-state index in [0.717, 1.165) is 18.6 Å². The van der Waals surface area contributed by atoms with Crippen molar-refractivity contribution in [2.45, 2.75) is 39.2 Å². The number of esters is 2. The van der Waals surface area contributed by atoms with Gasteiger partial charge < -0.3 is 14.2 Å². The number of benzene rings is 1. The van der Waals surface area contributed by atoms with Gasteiger partial charge in [0.15, 0.2) is 0 Å².